The number of halogens is 1. The zero-order valence-electron chi connectivity index (χ0n) is 37.8. The highest BCUT2D eigenvalue weighted by Crippen LogP contribution is 2.42. The summed E-state index contributed by atoms with van der Waals surface area (Å²) in [5.41, 5.74) is 8.00. The molecule has 2 fully saturated rings. The van der Waals surface area contributed by atoms with Gasteiger partial charge in [0.05, 0.1) is 70.1 Å². The van der Waals surface area contributed by atoms with E-state index in [1.807, 2.05) is 51.4 Å². The van der Waals surface area contributed by atoms with Crippen LogP contribution in [-0.4, -0.2) is 96.3 Å². The predicted molar refractivity (Wildman–Crippen MR) is 259 cm³/mol. The molecule has 0 radical (unpaired) electrons. The zero-order valence-corrected chi connectivity index (χ0v) is 41.0. The summed E-state index contributed by atoms with van der Waals surface area (Å²) in [6.45, 7) is 10.9. The average molecular weight is 992 g/mol. The van der Waals surface area contributed by atoms with Crippen LogP contribution in [0.4, 0.5) is 4.79 Å². The van der Waals surface area contributed by atoms with Crippen LogP contribution in [0.5, 0.6) is 5.75 Å². The van der Waals surface area contributed by atoms with E-state index in [0.717, 1.165) is 127 Å². The number of imidazole rings is 1. The third kappa shape index (κ3) is 11.3. The molecule has 1 saturated carbocycles. The van der Waals surface area contributed by atoms with Crippen LogP contribution in [0.1, 0.15) is 107 Å². The molecule has 2 aliphatic rings. The van der Waals surface area contributed by atoms with Crippen LogP contribution in [0.2, 0.25) is 0 Å². The summed E-state index contributed by atoms with van der Waals surface area (Å²) in [6.07, 6.45) is 8.36. The number of hydrogen-bond donors (Lipinski definition) is 1. The van der Waals surface area contributed by atoms with Crippen LogP contribution in [0.3, 0.4) is 0 Å². The Morgan fingerprint density at radius 3 is 2.40 bits per heavy atom. The van der Waals surface area contributed by atoms with Gasteiger partial charge in [0.2, 0.25) is 5.78 Å². The fourth-order valence-corrected chi connectivity index (χ4v) is 11.1. The fourth-order valence-electron chi connectivity index (χ4n) is 9.40. The van der Waals surface area contributed by atoms with Gasteiger partial charge in [0.15, 0.2) is 0 Å². The van der Waals surface area contributed by atoms with E-state index in [2.05, 4.69) is 76.5 Å². The maximum atomic E-state index is 13.6. The summed E-state index contributed by atoms with van der Waals surface area (Å²) in [5.74, 6) is 1.61. The van der Waals surface area contributed by atoms with Crippen molar-refractivity contribution in [2.45, 2.75) is 103 Å². The number of rotatable bonds is 17. The molecule has 3 aromatic carbocycles. The molecule has 0 bridgehead atoms. The third-order valence-electron chi connectivity index (χ3n) is 12.4. The number of amides is 1. The van der Waals surface area contributed by atoms with E-state index in [1.165, 1.54) is 0 Å². The van der Waals surface area contributed by atoms with Crippen LogP contribution >= 0.6 is 27.3 Å². The van der Waals surface area contributed by atoms with Gasteiger partial charge in [-0.15, -0.1) is 11.3 Å². The largest absolute Gasteiger partial charge is 0.491 e. The monoisotopic (exact) mass is 990 g/mol. The van der Waals surface area contributed by atoms with Crippen molar-refractivity contribution in [2.24, 2.45) is 0 Å². The number of benzene rings is 3. The van der Waals surface area contributed by atoms with E-state index >= 15 is 0 Å². The fraction of sp³-hybridized carbons (Fsp3) is 0.500. The molecule has 348 valence electrons. The molecule has 0 spiro atoms. The third-order valence-corrected chi connectivity index (χ3v) is 14.6. The van der Waals surface area contributed by atoms with Crippen LogP contribution in [0, 0.1) is 6.92 Å². The normalized spacial score (nSPS) is 16.2. The summed E-state index contributed by atoms with van der Waals surface area (Å²) in [5, 5.41) is 3.69. The summed E-state index contributed by atoms with van der Waals surface area (Å²) < 4.78 is 50.7. The Bertz CT molecular complexity index is 2800. The first-order chi connectivity index (χ1) is 31.1. The number of thiazole rings is 1. The van der Waals surface area contributed by atoms with Gasteiger partial charge >= 0.3 is 6.09 Å². The second-order valence-electron chi connectivity index (χ2n) is 18.2. The number of carbonyl (C=O) groups excluding carboxylic acids is 1. The summed E-state index contributed by atoms with van der Waals surface area (Å²) >= 11 is 5.24. The lowest BCUT2D eigenvalue weighted by molar-refractivity contribution is 0.0499. The van der Waals surface area contributed by atoms with Crippen LogP contribution in [0.25, 0.3) is 38.2 Å². The maximum Gasteiger partial charge on any atom is 0.408 e. The number of fused-ring (bicyclic) bond motifs is 5. The molecule has 3 aromatic heterocycles. The number of hydrogen-bond acceptors (Lipinski definition) is 12. The highest BCUT2D eigenvalue weighted by Gasteiger charge is 2.30. The SMILES string of the molecule is Cc1ncsc1-c1ccc([C@H](CCCN2CCC(c3cc4c(cc3OCCOCCOS(C)(=O)=O)n3c5cccc(Br)c5c(=O)nc3n4C3CCCC3)CC2)NC(=O)OC(C)(C)C)cc1. The number of ether oxygens (including phenoxy) is 3. The Balaban J connectivity index is 1.02. The smallest absolute Gasteiger partial charge is 0.408 e. The van der Waals surface area contributed by atoms with Gasteiger partial charge in [-0.3, -0.25) is 13.4 Å². The van der Waals surface area contributed by atoms with Gasteiger partial charge in [-0.2, -0.15) is 13.4 Å². The molecule has 6 aromatic rings. The van der Waals surface area contributed by atoms with Gasteiger partial charge in [-0.1, -0.05) is 43.2 Å². The van der Waals surface area contributed by atoms with Gasteiger partial charge in [-0.25, -0.2) is 9.78 Å². The Morgan fingerprint density at radius 2 is 1.71 bits per heavy atom. The minimum atomic E-state index is -3.55. The minimum absolute atomic E-state index is 0.0644. The summed E-state index contributed by atoms with van der Waals surface area (Å²) in [7, 11) is -3.55. The Labute approximate surface area is 392 Å². The van der Waals surface area contributed by atoms with Crippen molar-refractivity contribution in [3.05, 3.63) is 91.8 Å². The minimum Gasteiger partial charge on any atom is -0.491 e. The van der Waals surface area contributed by atoms with Crippen LogP contribution in [0.15, 0.2) is 69.4 Å². The van der Waals surface area contributed by atoms with Crippen molar-refractivity contribution >= 4 is 71.2 Å². The molecule has 1 aliphatic carbocycles. The first kappa shape index (κ1) is 47.1. The standard InChI is InChI=1S/C48H59BrN6O8S2/c1-31-44(64-30-50-31)34-17-15-33(16-18-34)38(51-47(57)63-48(2,3)4)13-9-21-53-22-19-32(20-23-53)36-28-40-41(29-42(36)61-26-24-60-25-27-62-65(5,58)59)55-39-14-8-12-37(49)43(39)45(56)52-46(55)54(40)35-10-6-7-11-35/h8,12,14-18,28-30,32,35,38H,6-7,9-11,13,19-27H2,1-5H3,(H,51,57)/t38-/m0/s1. The second kappa shape index (κ2) is 20.2. The number of nitrogens with one attached hydrogen (secondary N) is 1. The van der Waals surface area contributed by atoms with Crippen molar-refractivity contribution in [3.63, 3.8) is 0 Å². The van der Waals surface area contributed by atoms with E-state index < -0.39 is 21.8 Å². The Hall–Kier alpha value is -4.39. The van der Waals surface area contributed by atoms with Gasteiger partial charge in [0.25, 0.3) is 15.7 Å². The summed E-state index contributed by atoms with van der Waals surface area (Å²) in [4.78, 5) is 39.5. The highest BCUT2D eigenvalue weighted by atomic mass is 79.9. The molecule has 8 rings (SSSR count). The predicted octanol–water partition coefficient (Wildman–Crippen LogP) is 9.71. The van der Waals surface area contributed by atoms with E-state index in [-0.39, 0.29) is 50.0 Å². The molecular formula is C48H59BrN6O8S2. The number of piperidine rings is 1. The molecule has 1 amide bonds. The van der Waals surface area contributed by atoms with Gasteiger partial charge < -0.3 is 29.0 Å². The van der Waals surface area contributed by atoms with Crippen molar-refractivity contribution in [3.8, 4) is 16.2 Å². The number of carbonyl (C=O) groups is 1. The number of aryl methyl sites for hydroxylation is 1. The van der Waals surface area contributed by atoms with Gasteiger partial charge in [0.1, 0.15) is 18.0 Å². The van der Waals surface area contributed by atoms with Crippen molar-refractivity contribution in [1.29, 1.82) is 0 Å². The van der Waals surface area contributed by atoms with Crippen molar-refractivity contribution in [2.75, 3.05) is 52.3 Å². The van der Waals surface area contributed by atoms with E-state index in [1.54, 1.807) is 11.3 Å². The lowest BCUT2D eigenvalue weighted by Crippen LogP contribution is -2.36. The maximum absolute atomic E-state index is 13.6. The molecule has 17 heteroatoms. The molecule has 4 heterocycles. The highest BCUT2D eigenvalue weighted by molar-refractivity contribution is 9.10. The number of alkyl carbamates (subject to hydrolysis) is 1. The molecule has 1 aliphatic heterocycles. The van der Waals surface area contributed by atoms with Gasteiger partial charge in [-0.05, 0) is 143 Å². The molecular weight excluding hydrogens is 933 g/mol. The average Bonchev–Trinajstić information content (AvgIpc) is 4.01. The topological polar surface area (TPSA) is 156 Å². The Morgan fingerprint density at radius 1 is 0.969 bits per heavy atom. The molecule has 1 saturated heterocycles. The number of aromatic nitrogens is 4. The lowest BCUT2D eigenvalue weighted by Gasteiger charge is -2.33. The molecule has 1 N–H and O–H groups in total. The van der Waals surface area contributed by atoms with E-state index in [4.69, 9.17) is 23.4 Å². The number of nitrogens with zero attached hydrogens (tertiary/aromatic N) is 5. The molecule has 14 nitrogen and oxygen atoms in total. The van der Waals surface area contributed by atoms with Crippen molar-refractivity contribution in [1.82, 2.24) is 29.2 Å². The number of likely N-dealkylation sites (tertiary alicyclic amines) is 1. The summed E-state index contributed by atoms with van der Waals surface area (Å²) in [6, 6.07) is 18.6. The van der Waals surface area contributed by atoms with Gasteiger partial charge in [0, 0.05) is 16.6 Å². The molecule has 65 heavy (non-hydrogen) atoms. The lowest BCUT2D eigenvalue weighted by atomic mass is 9.88. The first-order valence-electron chi connectivity index (χ1n) is 22.6. The quantitative estimate of drug-likeness (QED) is 0.0686. The van der Waals surface area contributed by atoms with E-state index in [0.29, 0.717) is 15.6 Å². The second-order valence-corrected chi connectivity index (χ2v) is 21.6. The molecule has 1 atom stereocenters. The first-order valence-corrected chi connectivity index (χ1v) is 26.1. The van der Waals surface area contributed by atoms with E-state index in [9.17, 15) is 18.0 Å². The zero-order chi connectivity index (χ0) is 45.9. The van der Waals surface area contributed by atoms with Crippen LogP contribution < -0.4 is 15.6 Å². The van der Waals surface area contributed by atoms with Crippen molar-refractivity contribution < 1.29 is 31.6 Å². The van der Waals surface area contributed by atoms with Crippen LogP contribution in [-0.2, 0) is 23.8 Å². The molecule has 0 unspecified atom stereocenters. The Kier molecular flexibility index (Phi) is 14.7.